The number of aromatic nitrogens is 1. The zero-order valence-electron chi connectivity index (χ0n) is 17.0. The summed E-state index contributed by atoms with van der Waals surface area (Å²) >= 11 is 0. The van der Waals surface area contributed by atoms with Crippen molar-refractivity contribution in [3.63, 3.8) is 0 Å². The molecule has 1 heterocycles. The van der Waals surface area contributed by atoms with Crippen molar-refractivity contribution in [2.75, 3.05) is 0 Å². The molecule has 1 aromatic carbocycles. The molecule has 0 bridgehead atoms. The molecule has 1 fully saturated rings. The summed E-state index contributed by atoms with van der Waals surface area (Å²) in [7, 11) is -5.05. The van der Waals surface area contributed by atoms with E-state index in [0.717, 1.165) is 6.20 Å². The number of rotatable bonds is 4. The molecule has 5 nitrogen and oxygen atoms in total. The normalized spacial score (nSPS) is 21.8. The third kappa shape index (κ3) is 5.31. The van der Waals surface area contributed by atoms with Crippen LogP contribution in [0.1, 0.15) is 47.3 Å². The predicted octanol–water partition coefficient (Wildman–Crippen LogP) is 5.07. The van der Waals surface area contributed by atoms with Crippen LogP contribution in [-0.2, 0) is 22.2 Å². The molecular formula is C20H16F8N2O3S. The summed E-state index contributed by atoms with van der Waals surface area (Å²) in [6.45, 7) is 0. The minimum atomic E-state index is -5.06. The Morgan fingerprint density at radius 1 is 0.971 bits per heavy atom. The number of carbonyl (C=O) groups excluding carboxylic acids is 1. The molecule has 0 spiro atoms. The van der Waals surface area contributed by atoms with Crippen molar-refractivity contribution in [1.82, 2.24) is 10.3 Å². The Labute approximate surface area is 188 Å². The highest BCUT2D eigenvalue weighted by atomic mass is 32.2. The molecule has 3 rings (SSSR count). The topological polar surface area (TPSA) is 76.1 Å². The maximum atomic E-state index is 15.4. The number of nitrogens with one attached hydrogen (secondary N) is 1. The Bertz CT molecular complexity index is 1190. The van der Waals surface area contributed by atoms with Crippen molar-refractivity contribution in [1.29, 1.82) is 0 Å². The summed E-state index contributed by atoms with van der Waals surface area (Å²) < 4.78 is 132. The lowest BCUT2D eigenvalue weighted by atomic mass is 9.93. The number of sulfone groups is 1. The van der Waals surface area contributed by atoms with E-state index in [-0.39, 0.29) is 25.0 Å². The van der Waals surface area contributed by atoms with Crippen molar-refractivity contribution in [3.8, 4) is 0 Å². The number of benzene rings is 1. The summed E-state index contributed by atoms with van der Waals surface area (Å²) in [5.74, 6) is -2.50. The largest absolute Gasteiger partial charge is 0.416 e. The van der Waals surface area contributed by atoms with Gasteiger partial charge in [0, 0.05) is 12.2 Å². The molecule has 0 aliphatic heterocycles. The van der Waals surface area contributed by atoms with Gasteiger partial charge in [-0.1, -0.05) is 0 Å². The average molecular weight is 516 g/mol. The fourth-order valence-corrected chi connectivity index (χ4v) is 5.29. The van der Waals surface area contributed by atoms with Gasteiger partial charge in [0.15, 0.2) is 0 Å². The molecule has 0 unspecified atom stereocenters. The van der Waals surface area contributed by atoms with E-state index in [9.17, 15) is 43.9 Å². The van der Waals surface area contributed by atoms with Crippen LogP contribution in [0.2, 0.25) is 0 Å². The third-order valence-electron chi connectivity index (χ3n) is 5.38. The predicted molar refractivity (Wildman–Crippen MR) is 101 cm³/mol. The Balaban J connectivity index is 1.74. The molecule has 34 heavy (non-hydrogen) atoms. The summed E-state index contributed by atoms with van der Waals surface area (Å²) in [5, 5.41) is -0.687. The van der Waals surface area contributed by atoms with E-state index < -0.39 is 79.5 Å². The molecule has 1 saturated carbocycles. The smallest absolute Gasteiger partial charge is 0.348 e. The molecule has 1 aromatic heterocycles. The lowest BCUT2D eigenvalue weighted by molar-refractivity contribution is -0.138. The van der Waals surface area contributed by atoms with Crippen LogP contribution in [-0.4, -0.2) is 30.4 Å². The van der Waals surface area contributed by atoms with Crippen LogP contribution in [0.3, 0.4) is 0 Å². The fourth-order valence-electron chi connectivity index (χ4n) is 3.55. The van der Waals surface area contributed by atoms with Gasteiger partial charge >= 0.3 is 12.4 Å². The highest BCUT2D eigenvalue weighted by Gasteiger charge is 2.48. The lowest BCUT2D eigenvalue weighted by Gasteiger charge is -2.33. The molecule has 0 saturated heterocycles. The third-order valence-corrected chi connectivity index (χ3v) is 7.61. The number of hydrogen-bond donors (Lipinski definition) is 1. The fraction of sp³-hybridized carbons (Fsp3) is 0.400. The van der Waals surface area contributed by atoms with Gasteiger partial charge in [0.1, 0.15) is 11.5 Å². The van der Waals surface area contributed by atoms with Crippen LogP contribution in [0.5, 0.6) is 0 Å². The lowest BCUT2D eigenvalue weighted by Crippen LogP contribution is -2.45. The number of amides is 1. The second-order valence-electron chi connectivity index (χ2n) is 7.74. The van der Waals surface area contributed by atoms with E-state index in [4.69, 9.17) is 0 Å². The summed E-state index contributed by atoms with van der Waals surface area (Å²) in [6, 6.07) is 0.867. The molecule has 2 aromatic rings. The molecule has 1 aliphatic rings. The average Bonchev–Trinajstić information content (AvgIpc) is 2.73. The summed E-state index contributed by atoms with van der Waals surface area (Å²) in [6.07, 6.45) is -11.1. The van der Waals surface area contributed by atoms with Crippen molar-refractivity contribution in [3.05, 3.63) is 59.2 Å². The second kappa shape index (κ2) is 8.78. The van der Waals surface area contributed by atoms with Crippen LogP contribution >= 0.6 is 0 Å². The number of carbonyl (C=O) groups is 1. The number of pyridine rings is 1. The summed E-state index contributed by atoms with van der Waals surface area (Å²) in [5.41, 5.74) is -3.26. The van der Waals surface area contributed by atoms with Gasteiger partial charge < -0.3 is 5.32 Å². The van der Waals surface area contributed by atoms with Gasteiger partial charge in [-0.15, -0.1) is 0 Å². The first-order valence-electron chi connectivity index (χ1n) is 9.68. The van der Waals surface area contributed by atoms with E-state index >= 15 is 4.39 Å². The maximum Gasteiger partial charge on any atom is 0.416 e. The number of halogens is 8. The van der Waals surface area contributed by atoms with Crippen LogP contribution in [0, 0.1) is 5.82 Å². The Morgan fingerprint density at radius 2 is 1.56 bits per heavy atom. The minimum absolute atomic E-state index is 0.0815. The Morgan fingerprint density at radius 3 is 2.12 bits per heavy atom. The molecular weight excluding hydrogens is 500 g/mol. The van der Waals surface area contributed by atoms with Crippen LogP contribution in [0.4, 0.5) is 35.1 Å². The van der Waals surface area contributed by atoms with E-state index in [1.165, 1.54) is 0 Å². The first kappa shape index (κ1) is 25.8. The minimum Gasteiger partial charge on any atom is -0.348 e. The van der Waals surface area contributed by atoms with E-state index in [0.29, 0.717) is 18.2 Å². The van der Waals surface area contributed by atoms with Crippen molar-refractivity contribution < 1.29 is 48.3 Å². The van der Waals surface area contributed by atoms with Crippen molar-refractivity contribution >= 4 is 15.7 Å². The van der Waals surface area contributed by atoms with E-state index in [1.807, 2.05) is 0 Å². The number of alkyl halides is 7. The first-order valence-corrected chi connectivity index (χ1v) is 11.2. The van der Waals surface area contributed by atoms with Crippen molar-refractivity contribution in [2.45, 2.75) is 54.0 Å². The molecule has 14 heteroatoms. The summed E-state index contributed by atoms with van der Waals surface area (Å²) in [4.78, 5) is 14.6. The maximum absolute atomic E-state index is 15.4. The monoisotopic (exact) mass is 516 g/mol. The Hall–Kier alpha value is -2.77. The number of nitrogens with zero attached hydrogens (tertiary/aromatic N) is 1. The van der Waals surface area contributed by atoms with Gasteiger partial charge in [0.2, 0.25) is 14.8 Å². The SMILES string of the molecule is O=C(N[C@H]1CC[C@@](F)(S(=O)(=O)c2cc(F)cc(C(F)(F)F)c2)CC1)c1cc(C(F)(F)F)ccn1. The van der Waals surface area contributed by atoms with Gasteiger partial charge in [0.25, 0.3) is 5.91 Å². The van der Waals surface area contributed by atoms with Crippen LogP contribution in [0.25, 0.3) is 0 Å². The van der Waals surface area contributed by atoms with E-state index in [1.54, 1.807) is 0 Å². The van der Waals surface area contributed by atoms with Gasteiger partial charge in [-0.05, 0) is 56.0 Å². The zero-order valence-corrected chi connectivity index (χ0v) is 17.8. The van der Waals surface area contributed by atoms with Gasteiger partial charge in [-0.3, -0.25) is 9.78 Å². The highest BCUT2D eigenvalue weighted by molar-refractivity contribution is 7.92. The molecule has 0 atom stereocenters. The van der Waals surface area contributed by atoms with Gasteiger partial charge in [-0.2, -0.15) is 26.3 Å². The quantitative estimate of drug-likeness (QED) is 0.576. The second-order valence-corrected chi connectivity index (χ2v) is 9.95. The van der Waals surface area contributed by atoms with Crippen LogP contribution < -0.4 is 5.32 Å². The molecule has 186 valence electrons. The van der Waals surface area contributed by atoms with Crippen LogP contribution in [0.15, 0.2) is 41.4 Å². The highest BCUT2D eigenvalue weighted by Crippen LogP contribution is 2.42. The first-order chi connectivity index (χ1) is 15.5. The zero-order chi connectivity index (χ0) is 25.5. The number of hydrogen-bond acceptors (Lipinski definition) is 4. The molecule has 1 amide bonds. The standard InChI is InChI=1S/C20H16F8N2O3S/c21-13-7-12(20(26,27)28)8-15(10-13)34(32,33)18(22)4-1-14(2-5-18)30-17(31)16-9-11(3-6-29-16)19(23,24)25/h3,6-10,14H,1-2,4-5H2,(H,30,31)/t14-,18+. The molecule has 1 aliphatic carbocycles. The van der Waals surface area contributed by atoms with Gasteiger partial charge in [0.05, 0.1) is 16.0 Å². The van der Waals surface area contributed by atoms with E-state index in [2.05, 4.69) is 10.3 Å². The molecule has 0 radical (unpaired) electrons. The molecule has 1 N–H and O–H groups in total. The van der Waals surface area contributed by atoms with Crippen molar-refractivity contribution in [2.24, 2.45) is 0 Å². The Kier molecular flexibility index (Phi) is 6.68. The van der Waals surface area contributed by atoms with Gasteiger partial charge in [-0.25, -0.2) is 17.2 Å².